The molecular weight excluding hydrogens is 324 g/mol. The van der Waals surface area contributed by atoms with Crippen LogP contribution >= 0.6 is 15.9 Å². The van der Waals surface area contributed by atoms with Gasteiger partial charge < -0.3 is 10.4 Å². The number of aromatic carboxylic acids is 1. The summed E-state index contributed by atoms with van der Waals surface area (Å²) in [7, 11) is 0. The quantitative estimate of drug-likeness (QED) is 0.903. The molecule has 5 nitrogen and oxygen atoms in total. The van der Waals surface area contributed by atoms with Gasteiger partial charge in [0.2, 0.25) is 0 Å². The number of carbonyl (C=O) groups excluding carboxylic acids is 1. The van der Waals surface area contributed by atoms with Gasteiger partial charge in [0.25, 0.3) is 5.91 Å². The molecule has 20 heavy (non-hydrogen) atoms. The molecule has 102 valence electrons. The zero-order chi connectivity index (χ0) is 14.7. The van der Waals surface area contributed by atoms with Crippen molar-refractivity contribution in [2.75, 3.05) is 5.32 Å². The first kappa shape index (κ1) is 14.2. The molecule has 0 unspecified atom stereocenters. The minimum atomic E-state index is -1.17. The first-order chi connectivity index (χ1) is 9.47. The Morgan fingerprint density at radius 1 is 1.20 bits per heavy atom. The molecule has 1 amide bonds. The molecule has 2 aromatic rings. The van der Waals surface area contributed by atoms with Crippen LogP contribution < -0.4 is 5.32 Å². The normalized spacial score (nSPS) is 10.1. The fourth-order valence-electron chi connectivity index (χ4n) is 1.60. The standard InChI is InChI=1S/C14H11BrN2O3/c1-8-5-6-9(15)12(7-8)17-13(18)10-3-2-4-11(16-10)14(19)20/h2-7H,1H3,(H,17,18)(H,19,20). The number of anilines is 1. The number of hydrogen-bond donors (Lipinski definition) is 2. The largest absolute Gasteiger partial charge is 0.477 e. The van der Waals surface area contributed by atoms with Gasteiger partial charge in [0.15, 0.2) is 0 Å². The summed E-state index contributed by atoms with van der Waals surface area (Å²) >= 11 is 3.34. The molecule has 0 aliphatic rings. The highest BCUT2D eigenvalue weighted by Crippen LogP contribution is 2.23. The lowest BCUT2D eigenvalue weighted by Gasteiger charge is -2.08. The van der Waals surface area contributed by atoms with Crippen LogP contribution in [-0.4, -0.2) is 22.0 Å². The number of halogens is 1. The van der Waals surface area contributed by atoms with Crippen LogP contribution in [0.25, 0.3) is 0 Å². The molecule has 0 bridgehead atoms. The number of amides is 1. The molecule has 1 aromatic heterocycles. The lowest BCUT2D eigenvalue weighted by molar-refractivity contribution is 0.0690. The molecule has 0 aliphatic heterocycles. The van der Waals surface area contributed by atoms with Crippen molar-refractivity contribution >= 4 is 33.5 Å². The van der Waals surface area contributed by atoms with Crippen LogP contribution in [0.5, 0.6) is 0 Å². The van der Waals surface area contributed by atoms with Crippen molar-refractivity contribution in [1.29, 1.82) is 0 Å². The maximum Gasteiger partial charge on any atom is 0.354 e. The van der Waals surface area contributed by atoms with Gasteiger partial charge in [0, 0.05) is 4.47 Å². The Morgan fingerprint density at radius 2 is 1.90 bits per heavy atom. The van der Waals surface area contributed by atoms with Gasteiger partial charge in [-0.15, -0.1) is 0 Å². The summed E-state index contributed by atoms with van der Waals surface area (Å²) in [4.78, 5) is 26.7. The van der Waals surface area contributed by atoms with E-state index in [1.165, 1.54) is 18.2 Å². The van der Waals surface area contributed by atoms with Crippen LogP contribution in [0.4, 0.5) is 5.69 Å². The molecule has 1 aromatic carbocycles. The summed E-state index contributed by atoms with van der Waals surface area (Å²) < 4.78 is 0.742. The molecule has 2 rings (SSSR count). The van der Waals surface area contributed by atoms with Gasteiger partial charge in [-0.3, -0.25) is 4.79 Å². The lowest BCUT2D eigenvalue weighted by Crippen LogP contribution is -2.15. The predicted octanol–water partition coefficient (Wildman–Crippen LogP) is 3.10. The Balaban J connectivity index is 2.26. The number of hydrogen-bond acceptors (Lipinski definition) is 3. The minimum absolute atomic E-state index is 0.0540. The first-order valence-corrected chi connectivity index (χ1v) is 6.54. The number of nitrogens with zero attached hydrogens (tertiary/aromatic N) is 1. The molecule has 0 atom stereocenters. The van der Waals surface area contributed by atoms with Gasteiger partial charge >= 0.3 is 5.97 Å². The average Bonchev–Trinajstić information content (AvgIpc) is 2.43. The number of pyridine rings is 1. The highest BCUT2D eigenvalue weighted by atomic mass is 79.9. The van der Waals surface area contributed by atoms with Crippen molar-refractivity contribution in [3.8, 4) is 0 Å². The van der Waals surface area contributed by atoms with E-state index >= 15 is 0 Å². The second kappa shape index (κ2) is 5.83. The summed E-state index contributed by atoms with van der Waals surface area (Å²) in [5.74, 6) is -1.63. The average molecular weight is 335 g/mol. The Labute approximate surface area is 123 Å². The number of rotatable bonds is 3. The van der Waals surface area contributed by atoms with Crippen LogP contribution in [0.3, 0.4) is 0 Å². The number of aryl methyl sites for hydroxylation is 1. The van der Waals surface area contributed by atoms with E-state index in [4.69, 9.17) is 5.11 Å². The van der Waals surface area contributed by atoms with E-state index in [1.54, 1.807) is 0 Å². The summed E-state index contributed by atoms with van der Waals surface area (Å²) in [6.07, 6.45) is 0. The second-order valence-electron chi connectivity index (χ2n) is 4.15. The third kappa shape index (κ3) is 3.21. The molecule has 2 N–H and O–H groups in total. The van der Waals surface area contributed by atoms with Crippen molar-refractivity contribution in [2.24, 2.45) is 0 Å². The number of benzene rings is 1. The number of carboxylic acids is 1. The Kier molecular flexibility index (Phi) is 4.14. The molecular formula is C14H11BrN2O3. The van der Waals surface area contributed by atoms with Crippen LogP contribution in [0, 0.1) is 6.92 Å². The zero-order valence-corrected chi connectivity index (χ0v) is 12.1. The van der Waals surface area contributed by atoms with Gasteiger partial charge in [0.1, 0.15) is 11.4 Å². The van der Waals surface area contributed by atoms with E-state index in [2.05, 4.69) is 26.2 Å². The number of nitrogens with one attached hydrogen (secondary N) is 1. The van der Waals surface area contributed by atoms with E-state index in [-0.39, 0.29) is 11.4 Å². The van der Waals surface area contributed by atoms with Crippen LogP contribution in [-0.2, 0) is 0 Å². The van der Waals surface area contributed by atoms with Crippen molar-refractivity contribution in [3.05, 3.63) is 57.8 Å². The summed E-state index contributed by atoms with van der Waals surface area (Å²) in [6.45, 7) is 1.91. The monoisotopic (exact) mass is 334 g/mol. The summed E-state index contributed by atoms with van der Waals surface area (Å²) in [6, 6.07) is 9.82. The van der Waals surface area contributed by atoms with Gasteiger partial charge in [-0.05, 0) is 52.7 Å². The maximum atomic E-state index is 12.1. The van der Waals surface area contributed by atoms with Crippen molar-refractivity contribution in [1.82, 2.24) is 4.98 Å². The summed E-state index contributed by atoms with van der Waals surface area (Å²) in [5, 5.41) is 11.6. The van der Waals surface area contributed by atoms with Crippen LogP contribution in [0.2, 0.25) is 0 Å². The molecule has 0 saturated heterocycles. The fourth-order valence-corrected chi connectivity index (χ4v) is 1.95. The topological polar surface area (TPSA) is 79.3 Å². The Hall–Kier alpha value is -2.21. The Morgan fingerprint density at radius 3 is 2.60 bits per heavy atom. The second-order valence-corrected chi connectivity index (χ2v) is 5.00. The number of carboxylic acid groups (broad SMARTS) is 1. The van der Waals surface area contributed by atoms with E-state index in [0.717, 1.165) is 10.0 Å². The summed E-state index contributed by atoms with van der Waals surface area (Å²) in [5.41, 5.74) is 1.49. The molecule has 0 spiro atoms. The lowest BCUT2D eigenvalue weighted by atomic mass is 10.2. The van der Waals surface area contributed by atoms with Crippen molar-refractivity contribution in [3.63, 3.8) is 0 Å². The van der Waals surface area contributed by atoms with E-state index in [9.17, 15) is 9.59 Å². The predicted molar refractivity (Wildman–Crippen MR) is 78.0 cm³/mol. The molecule has 0 saturated carbocycles. The molecule has 0 radical (unpaired) electrons. The Bertz CT molecular complexity index is 686. The SMILES string of the molecule is Cc1ccc(Br)c(NC(=O)c2cccc(C(=O)O)n2)c1. The molecule has 1 heterocycles. The third-order valence-electron chi connectivity index (χ3n) is 2.57. The van der Waals surface area contributed by atoms with Gasteiger partial charge in [-0.25, -0.2) is 9.78 Å². The van der Waals surface area contributed by atoms with Crippen molar-refractivity contribution < 1.29 is 14.7 Å². The van der Waals surface area contributed by atoms with Gasteiger partial charge in [-0.1, -0.05) is 12.1 Å². The van der Waals surface area contributed by atoms with E-state index in [0.29, 0.717) is 5.69 Å². The molecule has 6 heteroatoms. The zero-order valence-electron chi connectivity index (χ0n) is 10.6. The van der Waals surface area contributed by atoms with Crippen LogP contribution in [0.1, 0.15) is 26.5 Å². The highest BCUT2D eigenvalue weighted by Gasteiger charge is 2.12. The number of aromatic nitrogens is 1. The van der Waals surface area contributed by atoms with E-state index in [1.807, 2.05) is 25.1 Å². The first-order valence-electron chi connectivity index (χ1n) is 5.75. The smallest absolute Gasteiger partial charge is 0.354 e. The maximum absolute atomic E-state index is 12.1. The number of carbonyl (C=O) groups is 2. The van der Waals surface area contributed by atoms with Crippen molar-refractivity contribution in [2.45, 2.75) is 6.92 Å². The highest BCUT2D eigenvalue weighted by molar-refractivity contribution is 9.10. The van der Waals surface area contributed by atoms with Gasteiger partial charge in [0.05, 0.1) is 5.69 Å². The minimum Gasteiger partial charge on any atom is -0.477 e. The third-order valence-corrected chi connectivity index (χ3v) is 3.26. The van der Waals surface area contributed by atoms with Crippen LogP contribution in [0.15, 0.2) is 40.9 Å². The molecule has 0 fully saturated rings. The van der Waals surface area contributed by atoms with Gasteiger partial charge in [-0.2, -0.15) is 0 Å². The fraction of sp³-hybridized carbons (Fsp3) is 0.0714. The molecule has 0 aliphatic carbocycles. The van der Waals surface area contributed by atoms with E-state index < -0.39 is 11.9 Å².